The zero-order valence-electron chi connectivity index (χ0n) is 20.1. The second-order valence-electron chi connectivity index (χ2n) is 8.54. The van der Waals surface area contributed by atoms with Gasteiger partial charge in [-0.05, 0) is 59.5 Å². The fourth-order valence-electron chi connectivity index (χ4n) is 4.13. The van der Waals surface area contributed by atoms with Gasteiger partial charge in [0.1, 0.15) is 5.76 Å². The van der Waals surface area contributed by atoms with Crippen LogP contribution in [0.3, 0.4) is 0 Å². The minimum atomic E-state index is -0.862. The van der Waals surface area contributed by atoms with Crippen molar-refractivity contribution in [1.82, 2.24) is 10.2 Å². The SMILES string of the molecule is CCc1ccc(C2/C(=C(/O)c3ccc(Cl)cc3)C(=O)C(=O)N2c2nnc(SCc3ccc(Cl)cc3)s2)cc1. The molecule has 0 spiro atoms. The number of carbonyl (C=O) groups excluding carboxylic acids is 2. The Labute approximate surface area is 237 Å². The molecule has 1 saturated heterocycles. The van der Waals surface area contributed by atoms with Gasteiger partial charge in [-0.25, -0.2) is 0 Å². The number of nitrogens with zero attached hydrogens (tertiary/aromatic N) is 3. The van der Waals surface area contributed by atoms with Gasteiger partial charge in [0.15, 0.2) is 4.34 Å². The van der Waals surface area contributed by atoms with Gasteiger partial charge in [0.25, 0.3) is 5.78 Å². The number of halogens is 2. The number of aliphatic hydroxyl groups is 1. The van der Waals surface area contributed by atoms with Crippen LogP contribution in [-0.2, 0) is 21.8 Å². The number of thioether (sulfide) groups is 1. The van der Waals surface area contributed by atoms with Crippen LogP contribution in [0.1, 0.15) is 35.2 Å². The summed E-state index contributed by atoms with van der Waals surface area (Å²) >= 11 is 14.7. The highest BCUT2D eigenvalue weighted by atomic mass is 35.5. The van der Waals surface area contributed by atoms with Crippen molar-refractivity contribution in [3.05, 3.63) is 111 Å². The lowest BCUT2D eigenvalue weighted by Gasteiger charge is -2.22. The van der Waals surface area contributed by atoms with Crippen LogP contribution < -0.4 is 4.90 Å². The Morgan fingerprint density at radius 2 is 1.53 bits per heavy atom. The number of anilines is 1. The summed E-state index contributed by atoms with van der Waals surface area (Å²) in [4.78, 5) is 28.0. The summed E-state index contributed by atoms with van der Waals surface area (Å²) < 4.78 is 0.648. The molecule has 1 aliphatic heterocycles. The molecule has 192 valence electrons. The maximum Gasteiger partial charge on any atom is 0.301 e. The smallest absolute Gasteiger partial charge is 0.301 e. The Kier molecular flexibility index (Phi) is 7.85. The van der Waals surface area contributed by atoms with Crippen LogP contribution in [-0.4, -0.2) is 27.0 Å². The predicted molar refractivity (Wildman–Crippen MR) is 153 cm³/mol. The zero-order valence-corrected chi connectivity index (χ0v) is 23.2. The number of rotatable bonds is 7. The summed E-state index contributed by atoms with van der Waals surface area (Å²) in [6, 6.07) is 20.8. The average Bonchev–Trinajstić information content (AvgIpc) is 3.50. The van der Waals surface area contributed by atoms with Crippen molar-refractivity contribution < 1.29 is 14.7 Å². The maximum atomic E-state index is 13.4. The number of aromatic nitrogens is 2. The molecule has 0 saturated carbocycles. The largest absolute Gasteiger partial charge is 0.507 e. The second-order valence-corrected chi connectivity index (χ2v) is 11.6. The van der Waals surface area contributed by atoms with E-state index >= 15 is 0 Å². The van der Waals surface area contributed by atoms with Gasteiger partial charge >= 0.3 is 5.91 Å². The van der Waals surface area contributed by atoms with Gasteiger partial charge in [-0.1, -0.05) is 89.6 Å². The van der Waals surface area contributed by atoms with Gasteiger partial charge in [0.2, 0.25) is 5.13 Å². The van der Waals surface area contributed by atoms with E-state index in [4.69, 9.17) is 23.2 Å². The Morgan fingerprint density at radius 1 is 0.921 bits per heavy atom. The number of hydrogen-bond donors (Lipinski definition) is 1. The van der Waals surface area contributed by atoms with Crippen LogP contribution in [0.5, 0.6) is 0 Å². The molecule has 1 N–H and O–H groups in total. The lowest BCUT2D eigenvalue weighted by atomic mass is 9.94. The van der Waals surface area contributed by atoms with Gasteiger partial charge in [-0.2, -0.15) is 0 Å². The fourth-order valence-corrected chi connectivity index (χ4v) is 6.20. The molecular formula is C28H21Cl2N3O3S2. The number of amides is 1. The summed E-state index contributed by atoms with van der Waals surface area (Å²) in [5, 5.41) is 21.2. The van der Waals surface area contributed by atoms with Gasteiger partial charge in [-0.15, -0.1) is 10.2 Å². The molecule has 1 atom stereocenters. The van der Waals surface area contributed by atoms with E-state index < -0.39 is 17.7 Å². The van der Waals surface area contributed by atoms with E-state index in [1.54, 1.807) is 24.3 Å². The Bertz CT molecular complexity index is 1520. The summed E-state index contributed by atoms with van der Waals surface area (Å²) in [7, 11) is 0. The summed E-state index contributed by atoms with van der Waals surface area (Å²) in [6.45, 7) is 2.05. The van der Waals surface area contributed by atoms with E-state index in [0.717, 1.165) is 17.5 Å². The zero-order chi connectivity index (χ0) is 26.8. The van der Waals surface area contributed by atoms with Crippen LogP contribution in [0.4, 0.5) is 5.13 Å². The number of benzene rings is 3. The van der Waals surface area contributed by atoms with E-state index in [2.05, 4.69) is 10.2 Å². The molecule has 1 amide bonds. The molecule has 6 nitrogen and oxygen atoms in total. The molecule has 0 radical (unpaired) electrons. The van der Waals surface area contributed by atoms with E-state index in [1.807, 2.05) is 55.5 Å². The second kappa shape index (κ2) is 11.3. The average molecular weight is 583 g/mol. The summed E-state index contributed by atoms with van der Waals surface area (Å²) in [5.74, 6) is -1.18. The van der Waals surface area contributed by atoms with Crippen LogP contribution >= 0.6 is 46.3 Å². The van der Waals surface area contributed by atoms with Gasteiger partial charge in [-0.3, -0.25) is 14.5 Å². The fraction of sp³-hybridized carbons (Fsp3) is 0.143. The number of hydrogen-bond acceptors (Lipinski definition) is 7. The van der Waals surface area contributed by atoms with Crippen molar-refractivity contribution in [1.29, 1.82) is 0 Å². The van der Waals surface area contributed by atoms with Crippen LogP contribution in [0.15, 0.2) is 82.7 Å². The van der Waals surface area contributed by atoms with Gasteiger partial charge in [0, 0.05) is 21.4 Å². The molecule has 1 aromatic heterocycles. The maximum absolute atomic E-state index is 13.4. The first kappa shape index (κ1) is 26.4. The van der Waals surface area contributed by atoms with E-state index in [9.17, 15) is 14.7 Å². The molecule has 10 heteroatoms. The highest BCUT2D eigenvalue weighted by Crippen LogP contribution is 2.44. The predicted octanol–water partition coefficient (Wildman–Crippen LogP) is 7.33. The number of aliphatic hydroxyl groups excluding tert-OH is 1. The third-order valence-corrected chi connectivity index (χ3v) is 8.77. The van der Waals surface area contributed by atoms with E-state index in [1.165, 1.54) is 28.0 Å². The molecule has 1 unspecified atom stereocenters. The first-order valence-electron chi connectivity index (χ1n) is 11.7. The van der Waals surface area contributed by atoms with Crippen molar-refractivity contribution in [2.75, 3.05) is 4.90 Å². The molecule has 4 aromatic rings. The molecule has 1 fully saturated rings. The lowest BCUT2D eigenvalue weighted by Crippen LogP contribution is -2.29. The molecule has 2 heterocycles. The first-order valence-corrected chi connectivity index (χ1v) is 14.3. The quantitative estimate of drug-likeness (QED) is 0.0808. The molecular weight excluding hydrogens is 561 g/mol. The molecule has 0 bridgehead atoms. The molecule has 1 aliphatic rings. The van der Waals surface area contributed by atoms with Gasteiger partial charge in [0.05, 0.1) is 11.6 Å². The van der Waals surface area contributed by atoms with Gasteiger partial charge < -0.3 is 5.11 Å². The van der Waals surface area contributed by atoms with Crippen molar-refractivity contribution in [3.8, 4) is 0 Å². The number of Topliss-reactive ketones (excluding diaryl/α,β-unsaturated/α-hetero) is 1. The highest BCUT2D eigenvalue weighted by molar-refractivity contribution is 8.00. The minimum Gasteiger partial charge on any atom is -0.507 e. The van der Waals surface area contributed by atoms with Crippen molar-refractivity contribution in [2.24, 2.45) is 0 Å². The Hall–Kier alpha value is -3.17. The third-order valence-electron chi connectivity index (χ3n) is 6.14. The molecule has 0 aliphatic carbocycles. The summed E-state index contributed by atoms with van der Waals surface area (Å²) in [6.07, 6.45) is 0.843. The lowest BCUT2D eigenvalue weighted by molar-refractivity contribution is -0.132. The topological polar surface area (TPSA) is 83.4 Å². The number of aryl methyl sites for hydroxylation is 1. The van der Waals surface area contributed by atoms with Crippen LogP contribution in [0.25, 0.3) is 5.76 Å². The molecule has 3 aromatic carbocycles. The van der Waals surface area contributed by atoms with Crippen LogP contribution in [0.2, 0.25) is 10.0 Å². The Morgan fingerprint density at radius 3 is 2.16 bits per heavy atom. The third kappa shape index (κ3) is 5.35. The van der Waals surface area contributed by atoms with Crippen molar-refractivity contribution >= 4 is 68.9 Å². The standard InChI is InChI=1S/C28H21Cl2N3O3S2/c1-2-16-3-7-18(8-4-16)23-22(24(34)19-9-13-21(30)14-10-19)25(35)26(36)33(23)27-31-32-28(38-27)37-15-17-5-11-20(29)12-6-17/h3-14,23,34H,2,15H2,1H3/b24-22-. The normalized spacial score (nSPS) is 16.8. The van der Waals surface area contributed by atoms with Crippen molar-refractivity contribution in [2.45, 2.75) is 29.5 Å². The number of carbonyl (C=O) groups is 2. The van der Waals surface area contributed by atoms with Crippen molar-refractivity contribution in [3.63, 3.8) is 0 Å². The van der Waals surface area contributed by atoms with Crippen LogP contribution in [0, 0.1) is 0 Å². The molecule has 38 heavy (non-hydrogen) atoms. The van der Waals surface area contributed by atoms with E-state index in [0.29, 0.717) is 31.3 Å². The van der Waals surface area contributed by atoms with E-state index in [-0.39, 0.29) is 16.5 Å². The Balaban J connectivity index is 1.53. The first-order chi connectivity index (χ1) is 18.4. The minimum absolute atomic E-state index is 0.00728. The highest BCUT2D eigenvalue weighted by Gasteiger charge is 2.48. The number of ketones is 1. The monoisotopic (exact) mass is 581 g/mol. The summed E-state index contributed by atoms with van der Waals surface area (Å²) in [5.41, 5.74) is 3.24. The molecule has 5 rings (SSSR count).